The second-order valence-corrected chi connectivity index (χ2v) is 4.58. The maximum Gasteiger partial charge on any atom is 0.136 e. The molecule has 0 saturated heterocycles. The van der Waals surface area contributed by atoms with Crippen LogP contribution in [0.25, 0.3) is 0 Å². The molecule has 5 heteroatoms. The third-order valence-corrected chi connectivity index (χ3v) is 3.22. The Balaban J connectivity index is 2.54. The Morgan fingerprint density at radius 1 is 1.47 bits per heavy atom. The van der Waals surface area contributed by atoms with Crippen molar-refractivity contribution in [2.75, 3.05) is 12.3 Å². The zero-order valence-corrected chi connectivity index (χ0v) is 10.4. The quantitative estimate of drug-likeness (QED) is 0.795. The summed E-state index contributed by atoms with van der Waals surface area (Å²) in [6.07, 6.45) is 0.928. The highest BCUT2D eigenvalue weighted by molar-refractivity contribution is 7.99. The second-order valence-electron chi connectivity index (χ2n) is 3.52. The molecule has 0 amide bonds. The molecule has 92 valence electrons. The van der Waals surface area contributed by atoms with Crippen LogP contribution in [-0.4, -0.2) is 18.3 Å². The number of rotatable bonds is 6. The van der Waals surface area contributed by atoms with Crippen molar-refractivity contribution < 1.29 is 8.78 Å². The van der Waals surface area contributed by atoms with Crippen LogP contribution in [0.1, 0.15) is 13.3 Å². The lowest BCUT2D eigenvalue weighted by molar-refractivity contribution is 0.576. The smallest absolute Gasteiger partial charge is 0.136 e. The van der Waals surface area contributed by atoms with Gasteiger partial charge in [-0.25, -0.2) is 8.78 Å². The summed E-state index contributed by atoms with van der Waals surface area (Å²) < 4.78 is 26.2. The molecule has 2 nitrogen and oxygen atoms in total. The number of nitrogens with zero attached hydrogens (tertiary/aromatic N) is 1. The maximum atomic E-state index is 13.3. The number of nitrogens with one attached hydrogen (secondary N) is 1. The molecular weight excluding hydrogens is 242 g/mol. The summed E-state index contributed by atoms with van der Waals surface area (Å²) in [5, 5.41) is 11.9. The molecule has 1 rings (SSSR count). The first-order chi connectivity index (χ1) is 8.17. The lowest BCUT2D eigenvalue weighted by atomic mass is 10.3. The van der Waals surface area contributed by atoms with Gasteiger partial charge in [0.05, 0.1) is 6.07 Å². The molecule has 17 heavy (non-hydrogen) atoms. The van der Waals surface area contributed by atoms with Crippen molar-refractivity contribution >= 4 is 11.8 Å². The molecular formula is C12H14F2N2S. The van der Waals surface area contributed by atoms with Crippen LogP contribution >= 0.6 is 11.8 Å². The number of benzene rings is 1. The normalized spacial score (nSPS) is 12.1. The third kappa shape index (κ3) is 4.72. The Morgan fingerprint density at radius 3 is 2.88 bits per heavy atom. The van der Waals surface area contributed by atoms with Gasteiger partial charge in [0, 0.05) is 10.6 Å². The van der Waals surface area contributed by atoms with Crippen LogP contribution < -0.4 is 5.32 Å². The van der Waals surface area contributed by atoms with Crippen LogP contribution in [0, 0.1) is 23.0 Å². The van der Waals surface area contributed by atoms with Crippen molar-refractivity contribution in [2.45, 2.75) is 24.3 Å². The number of halogens is 2. The summed E-state index contributed by atoms with van der Waals surface area (Å²) >= 11 is 1.14. The number of hydrogen-bond donors (Lipinski definition) is 1. The summed E-state index contributed by atoms with van der Waals surface area (Å²) in [7, 11) is 0. The highest BCUT2D eigenvalue weighted by atomic mass is 32.2. The molecule has 0 saturated carbocycles. The van der Waals surface area contributed by atoms with Gasteiger partial charge in [0.2, 0.25) is 0 Å². The SMILES string of the molecule is CCCNC(C#N)CSc1cc(F)ccc1F. The van der Waals surface area contributed by atoms with E-state index < -0.39 is 11.6 Å². The highest BCUT2D eigenvalue weighted by Crippen LogP contribution is 2.23. The Hall–Kier alpha value is -1.12. The minimum absolute atomic E-state index is 0.239. The molecule has 0 fully saturated rings. The molecule has 0 heterocycles. The summed E-state index contributed by atoms with van der Waals surface area (Å²) in [6.45, 7) is 2.74. The zero-order chi connectivity index (χ0) is 12.7. The minimum Gasteiger partial charge on any atom is -0.301 e. The van der Waals surface area contributed by atoms with Gasteiger partial charge in [-0.2, -0.15) is 5.26 Å². The molecule has 1 atom stereocenters. The number of nitriles is 1. The van der Waals surface area contributed by atoms with Crippen LogP contribution in [0.4, 0.5) is 8.78 Å². The predicted octanol–water partition coefficient (Wildman–Crippen LogP) is 2.95. The maximum absolute atomic E-state index is 13.3. The summed E-state index contributed by atoms with van der Waals surface area (Å²) in [6, 6.07) is 5.07. The predicted molar refractivity (Wildman–Crippen MR) is 64.8 cm³/mol. The van der Waals surface area contributed by atoms with Crippen molar-refractivity contribution in [3.05, 3.63) is 29.8 Å². The summed E-state index contributed by atoms with van der Waals surface area (Å²) in [5.41, 5.74) is 0. The molecule has 0 radical (unpaired) electrons. The first-order valence-electron chi connectivity index (χ1n) is 5.38. The average molecular weight is 256 g/mol. The minimum atomic E-state index is -0.469. The lowest BCUT2D eigenvalue weighted by Gasteiger charge is -2.10. The van der Waals surface area contributed by atoms with E-state index >= 15 is 0 Å². The standard InChI is InChI=1S/C12H14F2N2S/c1-2-5-16-10(7-15)8-17-12-6-9(13)3-4-11(12)14/h3-4,6,10,16H,2,5,8H2,1H3. The van der Waals surface area contributed by atoms with Gasteiger partial charge in [-0.1, -0.05) is 6.92 Å². The highest BCUT2D eigenvalue weighted by Gasteiger charge is 2.10. The van der Waals surface area contributed by atoms with Gasteiger partial charge >= 0.3 is 0 Å². The van der Waals surface area contributed by atoms with E-state index in [0.717, 1.165) is 42.9 Å². The van der Waals surface area contributed by atoms with E-state index in [-0.39, 0.29) is 10.9 Å². The largest absolute Gasteiger partial charge is 0.301 e. The van der Waals surface area contributed by atoms with Gasteiger partial charge < -0.3 is 5.32 Å². The van der Waals surface area contributed by atoms with E-state index in [2.05, 4.69) is 11.4 Å². The molecule has 1 unspecified atom stereocenters. The molecule has 1 aromatic rings. The molecule has 0 bridgehead atoms. The monoisotopic (exact) mass is 256 g/mol. The van der Waals surface area contributed by atoms with Gasteiger partial charge in [-0.15, -0.1) is 11.8 Å². The molecule has 0 aliphatic rings. The molecule has 0 aromatic heterocycles. The fourth-order valence-corrected chi connectivity index (χ4v) is 2.16. The Kier molecular flexibility index (Phi) is 5.95. The van der Waals surface area contributed by atoms with E-state index in [1.54, 1.807) is 0 Å². The van der Waals surface area contributed by atoms with Crippen molar-refractivity contribution in [1.82, 2.24) is 5.32 Å². The number of thioether (sulfide) groups is 1. The fraction of sp³-hybridized carbons (Fsp3) is 0.417. The first-order valence-corrected chi connectivity index (χ1v) is 6.36. The van der Waals surface area contributed by atoms with Crippen molar-refractivity contribution in [1.29, 1.82) is 5.26 Å². The van der Waals surface area contributed by atoms with Gasteiger partial charge in [0.25, 0.3) is 0 Å². The van der Waals surface area contributed by atoms with Crippen LogP contribution in [-0.2, 0) is 0 Å². The Bertz CT molecular complexity index is 404. The van der Waals surface area contributed by atoms with Crippen LogP contribution in [0.2, 0.25) is 0 Å². The van der Waals surface area contributed by atoms with E-state index in [4.69, 9.17) is 5.26 Å². The van der Waals surface area contributed by atoms with E-state index in [9.17, 15) is 8.78 Å². The van der Waals surface area contributed by atoms with Crippen molar-refractivity contribution in [3.63, 3.8) is 0 Å². The van der Waals surface area contributed by atoms with Crippen LogP contribution in [0.5, 0.6) is 0 Å². The lowest BCUT2D eigenvalue weighted by Crippen LogP contribution is -2.30. The van der Waals surface area contributed by atoms with Gasteiger partial charge in [-0.05, 0) is 31.2 Å². The fourth-order valence-electron chi connectivity index (χ4n) is 1.22. The van der Waals surface area contributed by atoms with Crippen molar-refractivity contribution in [3.8, 4) is 6.07 Å². The Labute approximate surface area is 104 Å². The number of hydrogen-bond acceptors (Lipinski definition) is 3. The molecule has 0 spiro atoms. The van der Waals surface area contributed by atoms with Gasteiger partial charge in [0.1, 0.15) is 17.7 Å². The molecule has 0 aliphatic heterocycles. The Morgan fingerprint density at radius 2 is 2.24 bits per heavy atom. The average Bonchev–Trinajstić information content (AvgIpc) is 2.33. The van der Waals surface area contributed by atoms with E-state index in [1.807, 2.05) is 6.92 Å². The third-order valence-electron chi connectivity index (χ3n) is 2.10. The van der Waals surface area contributed by atoms with Gasteiger partial charge in [0.15, 0.2) is 0 Å². The zero-order valence-electron chi connectivity index (χ0n) is 9.54. The van der Waals surface area contributed by atoms with Crippen molar-refractivity contribution in [2.24, 2.45) is 0 Å². The second kappa shape index (κ2) is 7.25. The topological polar surface area (TPSA) is 35.8 Å². The van der Waals surface area contributed by atoms with Crippen LogP contribution in [0.15, 0.2) is 23.1 Å². The van der Waals surface area contributed by atoms with Crippen LogP contribution in [0.3, 0.4) is 0 Å². The molecule has 1 N–H and O–H groups in total. The van der Waals surface area contributed by atoms with E-state index in [0.29, 0.717) is 5.75 Å². The van der Waals surface area contributed by atoms with Gasteiger partial charge in [-0.3, -0.25) is 0 Å². The molecule has 0 aliphatic carbocycles. The summed E-state index contributed by atoms with van der Waals surface area (Å²) in [4.78, 5) is 0.239. The van der Waals surface area contributed by atoms with E-state index in [1.165, 1.54) is 0 Å². The first kappa shape index (κ1) is 13.9. The molecule has 1 aromatic carbocycles. The summed E-state index contributed by atoms with van der Waals surface area (Å²) in [5.74, 6) is -0.524.